The number of hydrogen-bond donors (Lipinski definition) is 1. The molecule has 1 aromatic carbocycles. The zero-order valence-corrected chi connectivity index (χ0v) is 12.4. The highest BCUT2D eigenvalue weighted by atomic mass is 79.9. The quantitative estimate of drug-likeness (QED) is 0.880. The van der Waals surface area contributed by atoms with Gasteiger partial charge in [-0.25, -0.2) is 4.39 Å². The number of aliphatic hydroxyl groups is 1. The normalized spacial score (nSPS) is 12.4. The van der Waals surface area contributed by atoms with Crippen LogP contribution in [0.5, 0.6) is 0 Å². The van der Waals surface area contributed by atoms with Crippen LogP contribution < -0.4 is 0 Å². The Morgan fingerprint density at radius 3 is 2.67 bits per heavy atom. The fourth-order valence-corrected chi connectivity index (χ4v) is 2.70. The molecule has 1 unspecified atom stereocenters. The Labute approximate surface area is 121 Å². The minimum atomic E-state index is -0.698. The van der Waals surface area contributed by atoms with E-state index in [0.29, 0.717) is 16.5 Å². The standard InChI is InChI=1S/C13H10Br2FNO/c14-9-3-8(6-17-7-9)4-13(18)11-2-1-10(16)5-12(11)15/h1-3,5-7,13,18H,4H2. The van der Waals surface area contributed by atoms with Crippen molar-refractivity contribution < 1.29 is 9.50 Å². The van der Waals surface area contributed by atoms with Gasteiger partial charge < -0.3 is 5.11 Å². The number of hydrogen-bond acceptors (Lipinski definition) is 2. The van der Waals surface area contributed by atoms with Gasteiger partial charge in [-0.2, -0.15) is 0 Å². The van der Waals surface area contributed by atoms with Crippen LogP contribution in [0.4, 0.5) is 4.39 Å². The monoisotopic (exact) mass is 373 g/mol. The summed E-state index contributed by atoms with van der Waals surface area (Å²) in [6.45, 7) is 0. The van der Waals surface area contributed by atoms with Gasteiger partial charge in [0.05, 0.1) is 6.10 Å². The van der Waals surface area contributed by atoms with Gasteiger partial charge in [-0.1, -0.05) is 22.0 Å². The maximum Gasteiger partial charge on any atom is 0.124 e. The summed E-state index contributed by atoms with van der Waals surface area (Å²) in [5, 5.41) is 10.1. The zero-order valence-electron chi connectivity index (χ0n) is 9.28. The summed E-state index contributed by atoms with van der Waals surface area (Å²) in [5.74, 6) is -0.332. The average Bonchev–Trinajstić information content (AvgIpc) is 2.28. The van der Waals surface area contributed by atoms with Gasteiger partial charge in [0, 0.05) is 27.8 Å². The molecule has 2 nitrogen and oxygen atoms in total. The van der Waals surface area contributed by atoms with Crippen molar-refractivity contribution in [3.05, 3.63) is 62.5 Å². The van der Waals surface area contributed by atoms with Gasteiger partial charge in [-0.15, -0.1) is 0 Å². The molecule has 94 valence electrons. The van der Waals surface area contributed by atoms with Gasteiger partial charge in [0.25, 0.3) is 0 Å². The molecule has 0 amide bonds. The van der Waals surface area contributed by atoms with Crippen LogP contribution in [0.25, 0.3) is 0 Å². The molecular weight excluding hydrogens is 365 g/mol. The molecule has 0 aliphatic carbocycles. The summed E-state index contributed by atoms with van der Waals surface area (Å²) in [6.07, 6.45) is 3.11. The molecule has 2 rings (SSSR count). The molecule has 0 saturated carbocycles. The van der Waals surface area contributed by atoms with E-state index in [1.54, 1.807) is 18.5 Å². The number of halogens is 3. The van der Waals surface area contributed by atoms with E-state index >= 15 is 0 Å². The molecule has 1 atom stereocenters. The molecule has 0 spiro atoms. The number of aliphatic hydroxyl groups excluding tert-OH is 1. The Bertz CT molecular complexity index is 562. The molecule has 5 heteroatoms. The SMILES string of the molecule is OC(Cc1cncc(Br)c1)c1ccc(F)cc1Br. The van der Waals surface area contributed by atoms with E-state index < -0.39 is 6.10 Å². The third-order valence-electron chi connectivity index (χ3n) is 2.51. The average molecular weight is 375 g/mol. The number of aromatic nitrogens is 1. The molecule has 0 aliphatic rings. The fourth-order valence-electron chi connectivity index (χ4n) is 1.67. The lowest BCUT2D eigenvalue weighted by atomic mass is 10.0. The summed E-state index contributed by atoms with van der Waals surface area (Å²) in [4.78, 5) is 4.04. The third-order valence-corrected chi connectivity index (χ3v) is 3.63. The molecule has 0 aliphatic heterocycles. The van der Waals surface area contributed by atoms with Crippen LogP contribution in [0, 0.1) is 5.82 Å². The molecule has 0 fully saturated rings. The summed E-state index contributed by atoms with van der Waals surface area (Å²) < 4.78 is 14.4. The predicted molar refractivity (Wildman–Crippen MR) is 74.7 cm³/mol. The fraction of sp³-hybridized carbons (Fsp3) is 0.154. The molecular formula is C13H10Br2FNO. The predicted octanol–water partition coefficient (Wildman–Crippen LogP) is 4.02. The second-order valence-electron chi connectivity index (χ2n) is 3.90. The van der Waals surface area contributed by atoms with Gasteiger partial charge >= 0.3 is 0 Å². The van der Waals surface area contributed by atoms with E-state index in [2.05, 4.69) is 36.8 Å². The Hall–Kier alpha value is -0.780. The van der Waals surface area contributed by atoms with Crippen molar-refractivity contribution in [2.75, 3.05) is 0 Å². The first-order valence-corrected chi connectivity index (χ1v) is 6.87. The first-order valence-electron chi connectivity index (χ1n) is 5.28. The maximum atomic E-state index is 13.0. The Kier molecular flexibility index (Phi) is 4.48. The lowest BCUT2D eigenvalue weighted by Gasteiger charge is -2.13. The van der Waals surface area contributed by atoms with Gasteiger partial charge in [0.15, 0.2) is 0 Å². The van der Waals surface area contributed by atoms with Gasteiger partial charge in [0.1, 0.15) is 5.82 Å². The number of rotatable bonds is 3. The summed E-state index contributed by atoms with van der Waals surface area (Å²) in [7, 11) is 0. The number of pyridine rings is 1. The molecule has 1 heterocycles. The topological polar surface area (TPSA) is 33.1 Å². The van der Waals surface area contributed by atoms with Crippen molar-refractivity contribution >= 4 is 31.9 Å². The minimum absolute atomic E-state index is 0.332. The molecule has 0 saturated heterocycles. The number of nitrogens with zero attached hydrogens (tertiary/aromatic N) is 1. The molecule has 18 heavy (non-hydrogen) atoms. The molecule has 1 aromatic heterocycles. The van der Waals surface area contributed by atoms with Crippen LogP contribution in [-0.2, 0) is 6.42 Å². The first-order chi connectivity index (χ1) is 8.56. The largest absolute Gasteiger partial charge is 0.388 e. The molecule has 0 radical (unpaired) electrons. The lowest BCUT2D eigenvalue weighted by molar-refractivity contribution is 0.177. The Morgan fingerprint density at radius 2 is 2.00 bits per heavy atom. The van der Waals surface area contributed by atoms with Crippen LogP contribution in [0.3, 0.4) is 0 Å². The smallest absolute Gasteiger partial charge is 0.124 e. The first kappa shape index (κ1) is 13.6. The molecule has 2 aromatic rings. The van der Waals surface area contributed by atoms with Crippen LogP contribution >= 0.6 is 31.9 Å². The van der Waals surface area contributed by atoms with E-state index in [1.807, 2.05) is 6.07 Å². The van der Waals surface area contributed by atoms with E-state index in [4.69, 9.17) is 0 Å². The summed E-state index contributed by atoms with van der Waals surface area (Å²) >= 11 is 6.58. The minimum Gasteiger partial charge on any atom is -0.388 e. The zero-order chi connectivity index (χ0) is 13.1. The van der Waals surface area contributed by atoms with Crippen molar-refractivity contribution in [1.29, 1.82) is 0 Å². The maximum absolute atomic E-state index is 13.0. The van der Waals surface area contributed by atoms with Gasteiger partial charge in [0.2, 0.25) is 0 Å². The van der Waals surface area contributed by atoms with Crippen LogP contribution in [-0.4, -0.2) is 10.1 Å². The third kappa shape index (κ3) is 3.37. The second kappa shape index (κ2) is 5.91. The second-order valence-corrected chi connectivity index (χ2v) is 5.67. The number of benzene rings is 1. The van der Waals surface area contributed by atoms with Crippen LogP contribution in [0.15, 0.2) is 45.6 Å². The molecule has 0 bridgehead atoms. The van der Waals surface area contributed by atoms with Gasteiger partial charge in [-0.05, 0) is 45.3 Å². The van der Waals surface area contributed by atoms with Crippen LogP contribution in [0.2, 0.25) is 0 Å². The Balaban J connectivity index is 2.19. The summed E-state index contributed by atoms with van der Waals surface area (Å²) in [6, 6.07) is 6.16. The van der Waals surface area contributed by atoms with Crippen molar-refractivity contribution in [3.8, 4) is 0 Å². The van der Waals surface area contributed by atoms with Crippen molar-refractivity contribution in [2.45, 2.75) is 12.5 Å². The van der Waals surface area contributed by atoms with E-state index in [-0.39, 0.29) is 5.82 Å². The van der Waals surface area contributed by atoms with E-state index in [9.17, 15) is 9.50 Å². The lowest BCUT2D eigenvalue weighted by Crippen LogP contribution is -2.03. The van der Waals surface area contributed by atoms with Gasteiger partial charge in [-0.3, -0.25) is 4.98 Å². The highest BCUT2D eigenvalue weighted by molar-refractivity contribution is 9.10. The molecule has 1 N–H and O–H groups in total. The van der Waals surface area contributed by atoms with E-state index in [0.717, 1.165) is 10.0 Å². The van der Waals surface area contributed by atoms with Crippen molar-refractivity contribution in [3.63, 3.8) is 0 Å². The van der Waals surface area contributed by atoms with Crippen molar-refractivity contribution in [2.24, 2.45) is 0 Å². The highest BCUT2D eigenvalue weighted by Gasteiger charge is 2.13. The highest BCUT2D eigenvalue weighted by Crippen LogP contribution is 2.27. The Morgan fingerprint density at radius 1 is 1.22 bits per heavy atom. The van der Waals surface area contributed by atoms with Crippen LogP contribution in [0.1, 0.15) is 17.2 Å². The van der Waals surface area contributed by atoms with Crippen molar-refractivity contribution in [1.82, 2.24) is 4.98 Å². The van der Waals surface area contributed by atoms with E-state index in [1.165, 1.54) is 12.1 Å². The summed E-state index contributed by atoms with van der Waals surface area (Å²) in [5.41, 5.74) is 1.57.